The number of anilines is 1. The highest BCUT2D eigenvalue weighted by atomic mass is 35.5. The molecule has 0 atom stereocenters. The van der Waals surface area contributed by atoms with Gasteiger partial charge in [-0.05, 0) is 55.8 Å². The van der Waals surface area contributed by atoms with Crippen LogP contribution in [0.3, 0.4) is 0 Å². The third kappa shape index (κ3) is 3.94. The van der Waals surface area contributed by atoms with Crippen LogP contribution in [0.1, 0.15) is 25.0 Å². The highest BCUT2D eigenvalue weighted by Crippen LogP contribution is 2.22. The molecule has 0 amide bonds. The molecule has 0 bridgehead atoms. The minimum atomic E-state index is -0.339. The average molecular weight is 354 g/mol. The molecule has 1 heterocycles. The topological polar surface area (TPSA) is 33.5 Å². The second kappa shape index (κ2) is 7.58. The van der Waals surface area contributed by atoms with Gasteiger partial charge in [0.1, 0.15) is 5.58 Å². The Balaban J connectivity index is 1.95. The van der Waals surface area contributed by atoms with Crippen molar-refractivity contribution >= 4 is 40.4 Å². The third-order valence-corrected chi connectivity index (χ3v) is 4.45. The molecule has 0 unspecified atom stereocenters. The van der Waals surface area contributed by atoms with Crippen molar-refractivity contribution < 1.29 is 4.42 Å². The summed E-state index contributed by atoms with van der Waals surface area (Å²) in [6.07, 6.45) is 3.64. The van der Waals surface area contributed by atoms with Gasteiger partial charge in [0.2, 0.25) is 0 Å². The van der Waals surface area contributed by atoms with Gasteiger partial charge in [-0.3, -0.25) is 0 Å². The Morgan fingerprint density at radius 1 is 1.00 bits per heavy atom. The summed E-state index contributed by atoms with van der Waals surface area (Å²) in [7, 11) is 0. The quantitative estimate of drug-likeness (QED) is 0.571. The smallest absolute Gasteiger partial charge is 0.343 e. The molecule has 3 aromatic rings. The zero-order chi connectivity index (χ0) is 17.8. The molecule has 1 aromatic heterocycles. The summed E-state index contributed by atoms with van der Waals surface area (Å²) < 4.78 is 5.53. The van der Waals surface area contributed by atoms with Gasteiger partial charge in [-0.2, -0.15) is 0 Å². The predicted octanol–water partition coefficient (Wildman–Crippen LogP) is 5.46. The molecular weight excluding hydrogens is 334 g/mol. The maximum absolute atomic E-state index is 12.3. The summed E-state index contributed by atoms with van der Waals surface area (Å²) in [6.45, 7) is 6.03. The van der Waals surface area contributed by atoms with Gasteiger partial charge < -0.3 is 9.32 Å². The molecule has 3 nitrogen and oxygen atoms in total. The van der Waals surface area contributed by atoms with Gasteiger partial charge in [0.15, 0.2) is 0 Å². The minimum Gasteiger partial charge on any atom is -0.422 e. The molecule has 2 aromatic carbocycles. The fourth-order valence-electron chi connectivity index (χ4n) is 2.78. The summed E-state index contributed by atoms with van der Waals surface area (Å²) in [4.78, 5) is 14.5. The monoisotopic (exact) mass is 353 g/mol. The maximum atomic E-state index is 12.3. The summed E-state index contributed by atoms with van der Waals surface area (Å²) in [5.74, 6) is 0. The van der Waals surface area contributed by atoms with Crippen LogP contribution in [-0.2, 0) is 0 Å². The van der Waals surface area contributed by atoms with E-state index in [2.05, 4.69) is 24.8 Å². The highest BCUT2D eigenvalue weighted by Gasteiger charge is 2.07. The van der Waals surface area contributed by atoms with E-state index in [1.165, 1.54) is 0 Å². The average Bonchev–Trinajstić information content (AvgIpc) is 2.62. The van der Waals surface area contributed by atoms with E-state index in [1.54, 1.807) is 6.08 Å². The van der Waals surface area contributed by atoms with Crippen LogP contribution in [0.4, 0.5) is 5.69 Å². The Labute approximate surface area is 152 Å². The zero-order valence-electron chi connectivity index (χ0n) is 14.3. The van der Waals surface area contributed by atoms with Crippen LogP contribution in [-0.4, -0.2) is 13.1 Å². The fraction of sp³-hybridized carbons (Fsp3) is 0.190. The predicted molar refractivity (Wildman–Crippen MR) is 106 cm³/mol. The van der Waals surface area contributed by atoms with Crippen LogP contribution in [0.15, 0.2) is 57.7 Å². The van der Waals surface area contributed by atoms with E-state index in [9.17, 15) is 4.79 Å². The van der Waals surface area contributed by atoms with Crippen molar-refractivity contribution in [2.75, 3.05) is 18.0 Å². The molecule has 0 fully saturated rings. The van der Waals surface area contributed by atoms with Crippen molar-refractivity contribution in [2.45, 2.75) is 13.8 Å². The first-order chi connectivity index (χ1) is 12.1. The van der Waals surface area contributed by atoms with Crippen molar-refractivity contribution in [3.63, 3.8) is 0 Å². The molecule has 0 saturated heterocycles. The number of fused-ring (bicyclic) bond motifs is 1. The van der Waals surface area contributed by atoms with Crippen LogP contribution in [0.5, 0.6) is 0 Å². The molecule has 0 N–H and O–H groups in total. The Hall–Kier alpha value is -2.52. The highest BCUT2D eigenvalue weighted by molar-refractivity contribution is 6.30. The number of hydrogen-bond donors (Lipinski definition) is 0. The van der Waals surface area contributed by atoms with Crippen molar-refractivity contribution in [3.05, 3.63) is 75.1 Å². The molecule has 25 heavy (non-hydrogen) atoms. The van der Waals surface area contributed by atoms with E-state index < -0.39 is 0 Å². The summed E-state index contributed by atoms with van der Waals surface area (Å²) in [5, 5.41) is 1.60. The lowest BCUT2D eigenvalue weighted by atomic mass is 10.1. The number of halogens is 1. The SMILES string of the molecule is CCN(CC)c1ccc2cc(C=Cc3ccc(Cl)cc3)c(=O)oc2c1. The molecular formula is C21H20ClNO2. The van der Waals surface area contributed by atoms with Gasteiger partial charge in [-0.1, -0.05) is 29.8 Å². The number of hydrogen-bond acceptors (Lipinski definition) is 3. The maximum Gasteiger partial charge on any atom is 0.343 e. The van der Waals surface area contributed by atoms with Crippen LogP contribution in [0, 0.1) is 0 Å². The van der Waals surface area contributed by atoms with Crippen LogP contribution in [0.2, 0.25) is 5.02 Å². The summed E-state index contributed by atoms with van der Waals surface area (Å²) >= 11 is 5.88. The number of rotatable bonds is 5. The Bertz CT molecular complexity index is 954. The van der Waals surface area contributed by atoms with Crippen LogP contribution in [0.25, 0.3) is 23.1 Å². The molecule has 3 rings (SSSR count). The Morgan fingerprint density at radius 3 is 2.40 bits per heavy atom. The zero-order valence-corrected chi connectivity index (χ0v) is 15.1. The van der Waals surface area contributed by atoms with Gasteiger partial charge in [-0.15, -0.1) is 0 Å². The van der Waals surface area contributed by atoms with E-state index >= 15 is 0 Å². The van der Waals surface area contributed by atoms with Crippen LogP contribution >= 0.6 is 11.6 Å². The van der Waals surface area contributed by atoms with E-state index in [0.29, 0.717) is 16.2 Å². The summed E-state index contributed by atoms with van der Waals surface area (Å²) in [5.41, 5.74) is 2.83. The van der Waals surface area contributed by atoms with Gasteiger partial charge >= 0.3 is 5.63 Å². The molecule has 0 aliphatic rings. The van der Waals surface area contributed by atoms with E-state index in [0.717, 1.165) is 29.7 Å². The molecule has 128 valence electrons. The molecule has 0 saturated carbocycles. The van der Waals surface area contributed by atoms with Crippen molar-refractivity contribution in [3.8, 4) is 0 Å². The first kappa shape index (κ1) is 17.3. The number of benzene rings is 2. The van der Waals surface area contributed by atoms with Gasteiger partial charge in [-0.25, -0.2) is 4.79 Å². The Kier molecular flexibility index (Phi) is 5.25. The number of nitrogens with zero attached hydrogens (tertiary/aromatic N) is 1. The largest absolute Gasteiger partial charge is 0.422 e. The van der Waals surface area contributed by atoms with Crippen molar-refractivity contribution in [1.82, 2.24) is 0 Å². The lowest BCUT2D eigenvalue weighted by Gasteiger charge is -2.20. The first-order valence-electron chi connectivity index (χ1n) is 8.37. The van der Waals surface area contributed by atoms with Gasteiger partial charge in [0, 0.05) is 35.3 Å². The van der Waals surface area contributed by atoms with Crippen molar-refractivity contribution in [1.29, 1.82) is 0 Å². The van der Waals surface area contributed by atoms with E-state index in [1.807, 2.05) is 48.5 Å². The van der Waals surface area contributed by atoms with Crippen molar-refractivity contribution in [2.24, 2.45) is 0 Å². The second-order valence-corrected chi connectivity index (χ2v) is 6.20. The first-order valence-corrected chi connectivity index (χ1v) is 8.75. The molecule has 0 radical (unpaired) electrons. The normalized spacial score (nSPS) is 11.3. The Morgan fingerprint density at radius 2 is 1.72 bits per heavy atom. The molecule has 0 spiro atoms. The minimum absolute atomic E-state index is 0.339. The van der Waals surface area contributed by atoms with E-state index in [4.69, 9.17) is 16.0 Å². The molecule has 0 aliphatic heterocycles. The lowest BCUT2D eigenvalue weighted by Crippen LogP contribution is -2.21. The van der Waals surface area contributed by atoms with Gasteiger partial charge in [0.25, 0.3) is 0 Å². The lowest BCUT2D eigenvalue weighted by molar-refractivity contribution is 0.559. The third-order valence-electron chi connectivity index (χ3n) is 4.20. The van der Waals surface area contributed by atoms with Gasteiger partial charge in [0.05, 0.1) is 5.56 Å². The molecule has 0 aliphatic carbocycles. The summed E-state index contributed by atoms with van der Waals surface area (Å²) in [6, 6.07) is 15.3. The van der Waals surface area contributed by atoms with Crippen LogP contribution < -0.4 is 10.5 Å². The fourth-order valence-corrected chi connectivity index (χ4v) is 2.90. The second-order valence-electron chi connectivity index (χ2n) is 5.77. The standard InChI is InChI=1S/C21H20ClNO2/c1-3-23(4-2)19-12-9-16-13-17(21(24)25-20(16)14-19)8-5-15-6-10-18(22)11-7-15/h5-14H,3-4H2,1-2H3. The molecule has 4 heteroatoms. The van der Waals surface area contributed by atoms with E-state index in [-0.39, 0.29) is 5.63 Å².